The van der Waals surface area contributed by atoms with Gasteiger partial charge in [0.1, 0.15) is 25.4 Å². The molecule has 0 aromatic heterocycles. The second-order valence-corrected chi connectivity index (χ2v) is 3.43. The van der Waals surface area contributed by atoms with E-state index in [1.165, 1.54) is 0 Å². The molecule has 0 saturated carbocycles. The van der Waals surface area contributed by atoms with Crippen LogP contribution in [0.1, 0.15) is 0 Å². The smallest absolute Gasteiger partial charge is 0.542 e. The number of hydrogen-bond acceptors (Lipinski definition) is 9. The molecule has 0 N–H and O–H groups in total. The molecule has 0 spiro atoms. The molecule has 0 aromatic carbocycles. The first kappa shape index (κ1) is 36.9. The van der Waals surface area contributed by atoms with Gasteiger partial charge in [-0.05, 0) is 0 Å². The minimum atomic E-state index is -1.71. The molecule has 0 aliphatic rings. The number of carbonyl (C=O) groups excluding carboxylic acids is 3. The van der Waals surface area contributed by atoms with Gasteiger partial charge in [-0.2, -0.15) is 0 Å². The zero-order valence-corrected chi connectivity index (χ0v) is 19.4. The molecule has 0 aromatic rings. The third kappa shape index (κ3) is 80.7. The quantitative estimate of drug-likeness (QED) is 0.354. The van der Waals surface area contributed by atoms with Gasteiger partial charge in [0.05, 0.1) is 17.1 Å². The molecule has 0 aliphatic heterocycles. The summed E-state index contributed by atoms with van der Waals surface area (Å²) in [7, 11) is -5.14. The Balaban J connectivity index is -0.0000000277. The van der Waals surface area contributed by atoms with Gasteiger partial charge < -0.3 is 43.4 Å². The van der Waals surface area contributed by atoms with Crippen LogP contribution in [-0.2, 0) is 13.7 Å². The van der Waals surface area contributed by atoms with Crippen molar-refractivity contribution in [2.24, 2.45) is 0 Å². The van der Waals surface area contributed by atoms with Crippen molar-refractivity contribution in [2.75, 3.05) is 0 Å². The summed E-state index contributed by atoms with van der Waals surface area (Å²) in [5.74, 6) is 0. The molecule has 3 unspecified atom stereocenters. The van der Waals surface area contributed by atoms with Crippen molar-refractivity contribution in [3.8, 4) is 0 Å². The number of carboxylic acid groups (broad SMARTS) is 3. The Morgan fingerprint density at radius 1 is 0.556 bits per heavy atom. The topological polar surface area (TPSA) is 172 Å². The summed E-state index contributed by atoms with van der Waals surface area (Å²) in [6.07, 6.45) is 0. The van der Waals surface area contributed by atoms with E-state index in [4.69, 9.17) is 43.4 Å². The van der Waals surface area contributed by atoms with Crippen molar-refractivity contribution in [3.05, 3.63) is 0 Å². The fourth-order valence-electron chi connectivity index (χ4n) is 0. The van der Waals surface area contributed by atoms with Crippen molar-refractivity contribution in [1.82, 2.24) is 0 Å². The number of hydrogen-bond donors (Lipinski definition) is 0. The Bertz CT molecular complexity index is 228. The molecular weight excluding hydrogens is 342 g/mol. The summed E-state index contributed by atoms with van der Waals surface area (Å²) >= 11 is 0. The van der Waals surface area contributed by atoms with Gasteiger partial charge in [-0.3, -0.25) is 0 Å². The monoisotopic (exact) mass is 348 g/mol. The molecule has 15 heteroatoms. The molecule has 3 atom stereocenters. The first-order valence-corrected chi connectivity index (χ1v) is 5.94. The van der Waals surface area contributed by atoms with E-state index in [2.05, 4.69) is 0 Å². The number of carbonyl (C=O) groups is 3. The summed E-state index contributed by atoms with van der Waals surface area (Å²) in [5, 5.41) is 26.9. The predicted octanol–water partition coefficient (Wildman–Crippen LogP) is -11.7. The fraction of sp³-hybridized carbons (Fsp3) is 0. The van der Waals surface area contributed by atoms with Crippen LogP contribution in [0.5, 0.6) is 0 Å². The van der Waals surface area contributed by atoms with Gasteiger partial charge in [-0.1, -0.05) is 0 Å². The van der Waals surface area contributed by atoms with Crippen molar-refractivity contribution >= 4 is 42.5 Å². The van der Waals surface area contributed by atoms with Crippen LogP contribution < -0.4 is 104 Å². The maximum absolute atomic E-state index is 9.05. The van der Waals surface area contributed by atoms with E-state index in [-0.39, 0.29) is 88.7 Å². The maximum Gasteiger partial charge on any atom is 1.00 e. The zero-order valence-electron chi connectivity index (χ0n) is 9.91. The summed E-state index contributed by atoms with van der Waals surface area (Å²) in [4.78, 5) is 26.9. The Morgan fingerprint density at radius 2 is 0.611 bits per heavy atom. The Hall–Kier alpha value is 2.10. The third-order valence-corrected chi connectivity index (χ3v) is 0.866. The fourth-order valence-corrected chi connectivity index (χ4v) is 0. The first-order chi connectivity index (χ1) is 6.81. The van der Waals surface area contributed by atoms with Gasteiger partial charge in [-0.25, -0.2) is 0 Å². The standard InChI is InChI=1S/3CH3O3P.3Na/c3*2-1(3)5-4;;;/h3*5H2,(H,2,3);;;/q;;;3*+1/p-3. The van der Waals surface area contributed by atoms with Crippen molar-refractivity contribution in [2.45, 2.75) is 0 Å². The molecule has 0 heterocycles. The Morgan fingerprint density at radius 3 is 0.611 bits per heavy atom. The second kappa shape index (κ2) is 31.5. The molecule has 0 radical (unpaired) electrons. The van der Waals surface area contributed by atoms with Crippen LogP contribution in [0.2, 0.25) is 0 Å². The average Bonchev–Trinajstić information content (AvgIpc) is 2.19. The maximum atomic E-state index is 9.05. The molecule has 0 aliphatic carbocycles. The first-order valence-electron chi connectivity index (χ1n) is 2.80. The normalized spacial score (nSPS) is 8.00. The minimum Gasteiger partial charge on any atom is -0.542 e. The van der Waals surface area contributed by atoms with Crippen LogP contribution >= 0.6 is 25.4 Å². The van der Waals surface area contributed by atoms with E-state index in [1.807, 2.05) is 0 Å². The molecule has 0 rings (SSSR count). The van der Waals surface area contributed by atoms with E-state index in [1.54, 1.807) is 0 Å². The average molecular weight is 348 g/mol. The van der Waals surface area contributed by atoms with Crippen molar-refractivity contribution in [3.63, 3.8) is 0 Å². The van der Waals surface area contributed by atoms with Gasteiger partial charge >= 0.3 is 88.7 Å². The SMILES string of the molecule is O=[PH2]C(=O)[O-].O=[PH2]C(=O)[O-].O=[PH2]C(=O)[O-].[Na+].[Na+].[Na+]. The van der Waals surface area contributed by atoms with E-state index < -0.39 is 42.5 Å². The number of rotatable bonds is 3. The third-order valence-electron chi connectivity index (χ3n) is 0.289. The summed E-state index contributed by atoms with van der Waals surface area (Å²) in [6, 6.07) is 0. The van der Waals surface area contributed by atoms with Crippen LogP contribution in [0.25, 0.3) is 0 Å². The van der Waals surface area contributed by atoms with E-state index in [0.717, 1.165) is 0 Å². The Labute approximate surface area is 172 Å². The van der Waals surface area contributed by atoms with Crippen LogP contribution in [0.4, 0.5) is 14.4 Å². The van der Waals surface area contributed by atoms with Gasteiger partial charge in [0.2, 0.25) is 0 Å². The molecular formula is C3H6Na3O9P3. The van der Waals surface area contributed by atoms with E-state index >= 15 is 0 Å². The van der Waals surface area contributed by atoms with Crippen LogP contribution in [0.15, 0.2) is 0 Å². The summed E-state index contributed by atoms with van der Waals surface area (Å²) < 4.78 is 27.2. The molecule has 0 fully saturated rings. The van der Waals surface area contributed by atoms with Crippen LogP contribution in [0.3, 0.4) is 0 Å². The molecule has 90 valence electrons. The molecule has 0 amide bonds. The molecule has 0 saturated heterocycles. The van der Waals surface area contributed by atoms with Gasteiger partial charge in [0, 0.05) is 0 Å². The van der Waals surface area contributed by atoms with Gasteiger partial charge in [-0.15, -0.1) is 0 Å². The predicted molar refractivity (Wildman–Crippen MR) is 47.4 cm³/mol. The molecule has 0 bridgehead atoms. The summed E-state index contributed by atoms with van der Waals surface area (Å²) in [6.45, 7) is 0. The van der Waals surface area contributed by atoms with Gasteiger partial charge in [0.15, 0.2) is 0 Å². The largest absolute Gasteiger partial charge is 1.00 e. The van der Waals surface area contributed by atoms with Crippen molar-refractivity contribution in [1.29, 1.82) is 0 Å². The van der Waals surface area contributed by atoms with Crippen LogP contribution in [0, 0.1) is 0 Å². The molecule has 9 nitrogen and oxygen atoms in total. The van der Waals surface area contributed by atoms with E-state index in [9.17, 15) is 0 Å². The second-order valence-electron chi connectivity index (χ2n) is 1.31. The Kier molecular flexibility index (Phi) is 64.5. The van der Waals surface area contributed by atoms with Gasteiger partial charge in [0.25, 0.3) is 0 Å². The summed E-state index contributed by atoms with van der Waals surface area (Å²) in [5.41, 5.74) is -4.40. The van der Waals surface area contributed by atoms with Crippen molar-refractivity contribution < 1.29 is 132 Å². The van der Waals surface area contributed by atoms with E-state index in [0.29, 0.717) is 0 Å². The minimum absolute atomic E-state index is 0. The zero-order chi connectivity index (χ0) is 12.9. The molecule has 18 heavy (non-hydrogen) atoms. The van der Waals surface area contributed by atoms with Crippen LogP contribution in [-0.4, -0.2) is 17.1 Å².